The number of rotatable bonds is 9. The molecule has 0 bridgehead atoms. The summed E-state index contributed by atoms with van der Waals surface area (Å²) in [7, 11) is -2.87. The number of amides is 1. The number of alkyl carbamates (subject to hydrolysis) is 1. The van der Waals surface area contributed by atoms with Gasteiger partial charge in [0.2, 0.25) is 0 Å². The van der Waals surface area contributed by atoms with Gasteiger partial charge in [-0.05, 0) is 18.8 Å². The highest BCUT2D eigenvalue weighted by molar-refractivity contribution is 7.91. The first-order valence-electron chi connectivity index (χ1n) is 7.64. The van der Waals surface area contributed by atoms with Crippen LogP contribution in [0, 0.1) is 5.92 Å². The molecule has 1 aliphatic heterocycles. The number of hydrogen-bond donors (Lipinski definition) is 1. The largest absolute Gasteiger partial charge is 0.450 e. The summed E-state index contributed by atoms with van der Waals surface area (Å²) in [5.74, 6) is 0.471. The fourth-order valence-corrected chi connectivity index (χ4v) is 4.22. The van der Waals surface area contributed by atoms with Crippen LogP contribution in [0.15, 0.2) is 0 Å². The summed E-state index contributed by atoms with van der Waals surface area (Å²) < 4.78 is 27.6. The van der Waals surface area contributed by atoms with Crippen LogP contribution in [0.1, 0.15) is 51.9 Å². The van der Waals surface area contributed by atoms with Gasteiger partial charge in [0.05, 0.1) is 18.1 Å². The second-order valence-corrected chi connectivity index (χ2v) is 7.78. The van der Waals surface area contributed by atoms with E-state index < -0.39 is 15.9 Å². The molecule has 0 spiro atoms. The number of nitrogens with one attached hydrogen (secondary N) is 1. The van der Waals surface area contributed by atoms with Crippen LogP contribution in [0.4, 0.5) is 4.79 Å². The van der Waals surface area contributed by atoms with Crippen molar-refractivity contribution in [3.05, 3.63) is 0 Å². The predicted molar refractivity (Wildman–Crippen MR) is 79.5 cm³/mol. The highest BCUT2D eigenvalue weighted by atomic mass is 32.2. The monoisotopic (exact) mass is 305 g/mol. The molecule has 1 heterocycles. The molecule has 1 aliphatic rings. The first-order chi connectivity index (χ1) is 9.53. The SMILES string of the molecule is CCCCCCCCOC(=O)NCC1CCS(=O)(=O)C1. The van der Waals surface area contributed by atoms with Crippen LogP contribution in [-0.2, 0) is 14.6 Å². The quantitative estimate of drug-likeness (QED) is 0.664. The average molecular weight is 305 g/mol. The normalized spacial score (nSPS) is 20.8. The maximum atomic E-state index is 11.4. The minimum atomic E-state index is -2.87. The smallest absolute Gasteiger partial charge is 0.407 e. The molecule has 1 unspecified atom stereocenters. The molecule has 118 valence electrons. The van der Waals surface area contributed by atoms with Gasteiger partial charge in [-0.25, -0.2) is 13.2 Å². The first kappa shape index (κ1) is 17.3. The molecule has 0 aliphatic carbocycles. The van der Waals surface area contributed by atoms with Gasteiger partial charge >= 0.3 is 6.09 Å². The van der Waals surface area contributed by atoms with Gasteiger partial charge < -0.3 is 10.1 Å². The molecule has 1 N–H and O–H groups in total. The van der Waals surface area contributed by atoms with Crippen molar-refractivity contribution >= 4 is 15.9 Å². The summed E-state index contributed by atoms with van der Waals surface area (Å²) >= 11 is 0. The molecule has 1 saturated heterocycles. The third-order valence-electron chi connectivity index (χ3n) is 3.59. The van der Waals surface area contributed by atoms with Crippen molar-refractivity contribution in [2.75, 3.05) is 24.7 Å². The summed E-state index contributed by atoms with van der Waals surface area (Å²) in [6.45, 7) is 3.03. The first-order valence-corrected chi connectivity index (χ1v) is 9.46. The van der Waals surface area contributed by atoms with E-state index in [-0.39, 0.29) is 17.4 Å². The van der Waals surface area contributed by atoms with E-state index in [0.29, 0.717) is 19.6 Å². The van der Waals surface area contributed by atoms with E-state index in [1.54, 1.807) is 0 Å². The lowest BCUT2D eigenvalue weighted by molar-refractivity contribution is 0.142. The fourth-order valence-electron chi connectivity index (χ4n) is 2.36. The summed E-state index contributed by atoms with van der Waals surface area (Å²) in [6.07, 6.45) is 7.14. The summed E-state index contributed by atoms with van der Waals surface area (Å²) in [5, 5.41) is 2.65. The van der Waals surface area contributed by atoms with E-state index in [1.807, 2.05) is 0 Å². The lowest BCUT2D eigenvalue weighted by Gasteiger charge is -2.10. The Labute approximate surface area is 122 Å². The van der Waals surface area contributed by atoms with Crippen LogP contribution in [-0.4, -0.2) is 39.2 Å². The van der Waals surface area contributed by atoms with Crippen LogP contribution in [0.5, 0.6) is 0 Å². The van der Waals surface area contributed by atoms with Crippen molar-refractivity contribution in [2.45, 2.75) is 51.9 Å². The molecule has 1 amide bonds. The van der Waals surface area contributed by atoms with Crippen molar-refractivity contribution in [1.82, 2.24) is 5.32 Å². The maximum Gasteiger partial charge on any atom is 0.407 e. The van der Waals surface area contributed by atoms with Crippen molar-refractivity contribution in [3.63, 3.8) is 0 Å². The number of carbonyl (C=O) groups excluding carboxylic acids is 1. The molecule has 0 aromatic rings. The predicted octanol–water partition coefficient (Wildman–Crippen LogP) is 2.51. The molecule has 0 radical (unpaired) electrons. The zero-order valence-electron chi connectivity index (χ0n) is 12.4. The van der Waals surface area contributed by atoms with E-state index in [0.717, 1.165) is 12.8 Å². The lowest BCUT2D eigenvalue weighted by Crippen LogP contribution is -2.30. The molecular weight excluding hydrogens is 278 g/mol. The van der Waals surface area contributed by atoms with Gasteiger partial charge in [-0.1, -0.05) is 39.0 Å². The van der Waals surface area contributed by atoms with E-state index in [4.69, 9.17) is 4.74 Å². The highest BCUT2D eigenvalue weighted by Gasteiger charge is 2.27. The van der Waals surface area contributed by atoms with Gasteiger partial charge in [0.25, 0.3) is 0 Å². The molecule has 5 nitrogen and oxygen atoms in total. The Kier molecular flexibility index (Phi) is 7.95. The zero-order valence-corrected chi connectivity index (χ0v) is 13.2. The van der Waals surface area contributed by atoms with Crippen molar-refractivity contribution in [1.29, 1.82) is 0 Å². The minimum absolute atomic E-state index is 0.0431. The van der Waals surface area contributed by atoms with Crippen molar-refractivity contribution in [3.8, 4) is 0 Å². The maximum absolute atomic E-state index is 11.4. The second-order valence-electron chi connectivity index (χ2n) is 5.55. The second kappa shape index (κ2) is 9.21. The molecule has 0 aromatic carbocycles. The van der Waals surface area contributed by atoms with Gasteiger partial charge in [-0.3, -0.25) is 0 Å². The number of hydrogen-bond acceptors (Lipinski definition) is 4. The number of ether oxygens (including phenoxy) is 1. The standard InChI is InChI=1S/C14H27NO4S/c1-2-3-4-5-6-7-9-19-14(16)15-11-13-8-10-20(17,18)12-13/h13H,2-12H2,1H3,(H,15,16). The van der Waals surface area contributed by atoms with Gasteiger partial charge in [-0.15, -0.1) is 0 Å². The van der Waals surface area contributed by atoms with Crippen LogP contribution < -0.4 is 5.32 Å². The molecule has 1 fully saturated rings. The van der Waals surface area contributed by atoms with Crippen LogP contribution >= 0.6 is 0 Å². The Morgan fingerprint density at radius 2 is 1.90 bits per heavy atom. The van der Waals surface area contributed by atoms with Gasteiger partial charge in [0.15, 0.2) is 9.84 Å². The van der Waals surface area contributed by atoms with Crippen LogP contribution in [0.3, 0.4) is 0 Å². The van der Waals surface area contributed by atoms with E-state index in [9.17, 15) is 13.2 Å². The Hall–Kier alpha value is -0.780. The molecular formula is C14H27NO4S. The molecule has 6 heteroatoms. The Bertz CT molecular complexity index is 381. The number of carbonyl (C=O) groups is 1. The Morgan fingerprint density at radius 3 is 2.55 bits per heavy atom. The zero-order chi connectivity index (χ0) is 14.8. The molecule has 1 atom stereocenters. The van der Waals surface area contributed by atoms with E-state index in [2.05, 4.69) is 12.2 Å². The Morgan fingerprint density at radius 1 is 1.20 bits per heavy atom. The molecule has 0 aromatic heterocycles. The van der Waals surface area contributed by atoms with E-state index in [1.165, 1.54) is 25.7 Å². The van der Waals surface area contributed by atoms with Crippen molar-refractivity contribution in [2.24, 2.45) is 5.92 Å². The van der Waals surface area contributed by atoms with Crippen LogP contribution in [0.25, 0.3) is 0 Å². The lowest BCUT2D eigenvalue weighted by atomic mass is 10.1. The number of unbranched alkanes of at least 4 members (excludes halogenated alkanes) is 5. The fraction of sp³-hybridized carbons (Fsp3) is 0.929. The highest BCUT2D eigenvalue weighted by Crippen LogP contribution is 2.17. The molecule has 1 rings (SSSR count). The summed E-state index contributed by atoms with van der Waals surface area (Å²) in [5.41, 5.74) is 0. The summed E-state index contributed by atoms with van der Waals surface area (Å²) in [4.78, 5) is 11.4. The third kappa shape index (κ3) is 7.72. The van der Waals surface area contributed by atoms with Crippen molar-refractivity contribution < 1.29 is 17.9 Å². The van der Waals surface area contributed by atoms with Gasteiger partial charge in [-0.2, -0.15) is 0 Å². The Balaban J connectivity index is 1.96. The van der Waals surface area contributed by atoms with Gasteiger partial charge in [0, 0.05) is 6.54 Å². The topological polar surface area (TPSA) is 72.5 Å². The van der Waals surface area contributed by atoms with Gasteiger partial charge in [0.1, 0.15) is 0 Å². The number of sulfone groups is 1. The molecule has 0 saturated carbocycles. The average Bonchev–Trinajstić information content (AvgIpc) is 2.75. The van der Waals surface area contributed by atoms with E-state index >= 15 is 0 Å². The van der Waals surface area contributed by atoms with Crippen LogP contribution in [0.2, 0.25) is 0 Å². The third-order valence-corrected chi connectivity index (χ3v) is 5.43. The molecule has 20 heavy (non-hydrogen) atoms. The minimum Gasteiger partial charge on any atom is -0.450 e. The summed E-state index contributed by atoms with van der Waals surface area (Å²) in [6, 6.07) is 0.